The summed E-state index contributed by atoms with van der Waals surface area (Å²) in [5.41, 5.74) is 0. The van der Waals surface area contributed by atoms with Gasteiger partial charge in [0, 0.05) is 25.6 Å². The van der Waals surface area contributed by atoms with Gasteiger partial charge in [0.25, 0.3) is 0 Å². The number of likely N-dealkylation sites (N-methyl/N-ethyl adjacent to an activating group) is 1. The van der Waals surface area contributed by atoms with Gasteiger partial charge in [-0.3, -0.25) is 4.79 Å². The SMILES string of the molecule is CCC(=O)N1CCCN(C)[C@@H](C)C1. The van der Waals surface area contributed by atoms with E-state index in [0.29, 0.717) is 18.4 Å². The molecule has 0 bridgehead atoms. The van der Waals surface area contributed by atoms with Crippen LogP contribution in [-0.4, -0.2) is 48.4 Å². The number of hydrogen-bond acceptors (Lipinski definition) is 2. The fourth-order valence-electron chi connectivity index (χ4n) is 1.73. The van der Waals surface area contributed by atoms with Crippen LogP contribution in [0.25, 0.3) is 0 Å². The highest BCUT2D eigenvalue weighted by Gasteiger charge is 2.20. The Balaban J connectivity index is 2.53. The Morgan fingerprint density at radius 3 is 2.77 bits per heavy atom. The first-order chi connectivity index (χ1) is 6.15. The molecule has 0 spiro atoms. The molecule has 1 aliphatic rings. The maximum absolute atomic E-state index is 11.5. The number of amides is 1. The standard InChI is InChI=1S/C10H20N2O/c1-4-10(13)12-7-5-6-11(3)9(2)8-12/h9H,4-8H2,1-3H3/t9-/m0/s1. The lowest BCUT2D eigenvalue weighted by atomic mass is 10.3. The van der Waals surface area contributed by atoms with E-state index in [1.54, 1.807) is 0 Å². The van der Waals surface area contributed by atoms with Crippen LogP contribution in [0.3, 0.4) is 0 Å². The quantitative estimate of drug-likeness (QED) is 0.606. The minimum absolute atomic E-state index is 0.294. The molecule has 3 heteroatoms. The Hall–Kier alpha value is -0.570. The largest absolute Gasteiger partial charge is 0.341 e. The van der Waals surface area contributed by atoms with Crippen molar-refractivity contribution >= 4 is 5.91 Å². The highest BCUT2D eigenvalue weighted by Crippen LogP contribution is 2.08. The van der Waals surface area contributed by atoms with Crippen molar-refractivity contribution in [1.82, 2.24) is 9.80 Å². The molecule has 0 radical (unpaired) electrons. The van der Waals surface area contributed by atoms with Gasteiger partial charge in [-0.2, -0.15) is 0 Å². The van der Waals surface area contributed by atoms with Crippen LogP contribution in [-0.2, 0) is 4.79 Å². The second kappa shape index (κ2) is 4.61. The zero-order valence-corrected chi connectivity index (χ0v) is 8.92. The van der Waals surface area contributed by atoms with Crippen LogP contribution in [0.5, 0.6) is 0 Å². The second-order valence-corrected chi connectivity index (χ2v) is 3.88. The van der Waals surface area contributed by atoms with Crippen LogP contribution >= 0.6 is 0 Å². The van der Waals surface area contributed by atoms with Crippen molar-refractivity contribution in [3.63, 3.8) is 0 Å². The van der Waals surface area contributed by atoms with Gasteiger partial charge < -0.3 is 9.80 Å². The molecule has 1 rings (SSSR count). The van der Waals surface area contributed by atoms with E-state index in [0.717, 1.165) is 26.1 Å². The summed E-state index contributed by atoms with van der Waals surface area (Å²) in [6.45, 7) is 7.04. The number of nitrogens with zero attached hydrogens (tertiary/aromatic N) is 2. The van der Waals surface area contributed by atoms with Crippen molar-refractivity contribution in [2.24, 2.45) is 0 Å². The minimum atomic E-state index is 0.294. The summed E-state index contributed by atoms with van der Waals surface area (Å²) in [5.74, 6) is 0.294. The smallest absolute Gasteiger partial charge is 0.222 e. The van der Waals surface area contributed by atoms with Crippen molar-refractivity contribution < 1.29 is 4.79 Å². The van der Waals surface area contributed by atoms with Crippen LogP contribution in [0, 0.1) is 0 Å². The molecule has 1 atom stereocenters. The molecule has 1 aliphatic heterocycles. The number of carbonyl (C=O) groups excluding carboxylic acids is 1. The maximum Gasteiger partial charge on any atom is 0.222 e. The first-order valence-electron chi connectivity index (χ1n) is 5.13. The van der Waals surface area contributed by atoms with E-state index < -0.39 is 0 Å². The van der Waals surface area contributed by atoms with Gasteiger partial charge in [-0.05, 0) is 26.9 Å². The molecule has 0 aromatic heterocycles. The Morgan fingerprint density at radius 1 is 1.46 bits per heavy atom. The summed E-state index contributed by atoms with van der Waals surface area (Å²) < 4.78 is 0. The third-order valence-electron chi connectivity index (χ3n) is 2.83. The molecule has 1 saturated heterocycles. The summed E-state index contributed by atoms with van der Waals surface area (Å²) in [5, 5.41) is 0. The van der Waals surface area contributed by atoms with E-state index in [-0.39, 0.29) is 0 Å². The number of rotatable bonds is 1. The number of hydrogen-bond donors (Lipinski definition) is 0. The predicted molar refractivity (Wildman–Crippen MR) is 53.6 cm³/mol. The molecule has 1 amide bonds. The molecule has 1 fully saturated rings. The van der Waals surface area contributed by atoms with Gasteiger partial charge in [-0.25, -0.2) is 0 Å². The molecule has 0 aromatic rings. The van der Waals surface area contributed by atoms with E-state index in [9.17, 15) is 4.79 Å². The van der Waals surface area contributed by atoms with Crippen molar-refractivity contribution in [3.05, 3.63) is 0 Å². The number of carbonyl (C=O) groups is 1. The lowest BCUT2D eigenvalue weighted by Gasteiger charge is -2.25. The molecule has 0 aliphatic carbocycles. The first kappa shape index (κ1) is 10.5. The molecular weight excluding hydrogens is 164 g/mol. The summed E-state index contributed by atoms with van der Waals surface area (Å²) in [4.78, 5) is 15.8. The predicted octanol–water partition coefficient (Wildman–Crippen LogP) is 0.949. The van der Waals surface area contributed by atoms with Crippen molar-refractivity contribution in [2.45, 2.75) is 32.7 Å². The summed E-state index contributed by atoms with van der Waals surface area (Å²) in [6, 6.07) is 0.498. The van der Waals surface area contributed by atoms with Gasteiger partial charge in [-0.15, -0.1) is 0 Å². The third kappa shape index (κ3) is 2.69. The van der Waals surface area contributed by atoms with E-state index >= 15 is 0 Å². The fourth-order valence-corrected chi connectivity index (χ4v) is 1.73. The average Bonchev–Trinajstić information content (AvgIpc) is 2.28. The molecule has 0 unspecified atom stereocenters. The molecule has 0 N–H and O–H groups in total. The summed E-state index contributed by atoms with van der Waals surface area (Å²) in [6.07, 6.45) is 1.74. The molecule has 76 valence electrons. The zero-order valence-electron chi connectivity index (χ0n) is 8.92. The van der Waals surface area contributed by atoms with Gasteiger partial charge in [-0.1, -0.05) is 6.92 Å². The van der Waals surface area contributed by atoms with Crippen LogP contribution in [0.2, 0.25) is 0 Å². The monoisotopic (exact) mass is 184 g/mol. The first-order valence-corrected chi connectivity index (χ1v) is 5.13. The minimum Gasteiger partial charge on any atom is -0.341 e. The van der Waals surface area contributed by atoms with E-state index in [1.807, 2.05) is 11.8 Å². The maximum atomic E-state index is 11.5. The van der Waals surface area contributed by atoms with Gasteiger partial charge >= 0.3 is 0 Å². The topological polar surface area (TPSA) is 23.6 Å². The van der Waals surface area contributed by atoms with Gasteiger partial charge in [0.05, 0.1) is 0 Å². The third-order valence-corrected chi connectivity index (χ3v) is 2.83. The van der Waals surface area contributed by atoms with Crippen molar-refractivity contribution in [3.8, 4) is 0 Å². The van der Waals surface area contributed by atoms with Crippen molar-refractivity contribution in [1.29, 1.82) is 0 Å². The summed E-state index contributed by atoms with van der Waals surface area (Å²) in [7, 11) is 2.13. The Bertz CT molecular complexity index is 182. The molecule has 3 nitrogen and oxygen atoms in total. The normalized spacial score (nSPS) is 25.8. The summed E-state index contributed by atoms with van der Waals surface area (Å²) >= 11 is 0. The lowest BCUT2D eigenvalue weighted by Crippen LogP contribution is -2.39. The molecule has 0 aromatic carbocycles. The van der Waals surface area contributed by atoms with Crippen LogP contribution in [0.1, 0.15) is 26.7 Å². The highest BCUT2D eigenvalue weighted by atomic mass is 16.2. The Morgan fingerprint density at radius 2 is 2.15 bits per heavy atom. The van der Waals surface area contributed by atoms with E-state index in [4.69, 9.17) is 0 Å². The average molecular weight is 184 g/mol. The Kier molecular flexibility index (Phi) is 3.72. The van der Waals surface area contributed by atoms with E-state index in [1.165, 1.54) is 0 Å². The Labute approximate surface area is 80.7 Å². The van der Waals surface area contributed by atoms with Crippen LogP contribution in [0.15, 0.2) is 0 Å². The van der Waals surface area contributed by atoms with E-state index in [2.05, 4.69) is 18.9 Å². The van der Waals surface area contributed by atoms with Crippen LogP contribution in [0.4, 0.5) is 0 Å². The zero-order chi connectivity index (χ0) is 9.84. The second-order valence-electron chi connectivity index (χ2n) is 3.88. The molecule has 0 saturated carbocycles. The fraction of sp³-hybridized carbons (Fsp3) is 0.900. The molecule has 1 heterocycles. The molecular formula is C10H20N2O. The molecule has 13 heavy (non-hydrogen) atoms. The van der Waals surface area contributed by atoms with Gasteiger partial charge in [0.1, 0.15) is 0 Å². The van der Waals surface area contributed by atoms with Gasteiger partial charge in [0.15, 0.2) is 0 Å². The lowest BCUT2D eigenvalue weighted by molar-refractivity contribution is -0.131. The van der Waals surface area contributed by atoms with Crippen LogP contribution < -0.4 is 0 Å². The van der Waals surface area contributed by atoms with Crippen molar-refractivity contribution in [2.75, 3.05) is 26.7 Å². The van der Waals surface area contributed by atoms with Gasteiger partial charge in [0.2, 0.25) is 5.91 Å². The highest BCUT2D eigenvalue weighted by molar-refractivity contribution is 5.75.